The average molecular weight is 212 g/mol. The third kappa shape index (κ3) is 1.36. The Labute approximate surface area is 93.7 Å². The zero-order chi connectivity index (χ0) is 11.0. The summed E-state index contributed by atoms with van der Waals surface area (Å²) >= 11 is 0. The summed E-state index contributed by atoms with van der Waals surface area (Å²) in [5.41, 5.74) is 2.73. The highest BCUT2D eigenvalue weighted by atomic mass is 16.1. The number of nitrogens with zero attached hydrogens (tertiary/aromatic N) is 2. The van der Waals surface area contributed by atoms with Crippen LogP contribution in [0, 0.1) is 0 Å². The number of carbonyl (C=O) groups excluding carboxylic acids is 1. The van der Waals surface area contributed by atoms with E-state index in [9.17, 15) is 4.79 Å². The van der Waals surface area contributed by atoms with E-state index in [0.717, 1.165) is 29.9 Å². The zero-order valence-electron chi connectivity index (χ0n) is 8.89. The number of benzene rings is 1. The molecule has 0 fully saturated rings. The number of ketones is 1. The van der Waals surface area contributed by atoms with E-state index in [1.165, 1.54) is 0 Å². The minimum Gasteiger partial charge on any atom is -0.296 e. The van der Waals surface area contributed by atoms with Gasteiger partial charge in [-0.2, -0.15) is 0 Å². The Balaban J connectivity index is 2.16. The van der Waals surface area contributed by atoms with Crippen LogP contribution < -0.4 is 0 Å². The third-order valence-corrected chi connectivity index (χ3v) is 2.96. The van der Waals surface area contributed by atoms with Crippen LogP contribution in [0.2, 0.25) is 0 Å². The van der Waals surface area contributed by atoms with Crippen molar-refractivity contribution >= 4 is 5.78 Å². The molecule has 0 saturated heterocycles. The molecule has 1 aromatic heterocycles. The lowest BCUT2D eigenvalue weighted by molar-refractivity contribution is 0.0965. The summed E-state index contributed by atoms with van der Waals surface area (Å²) in [7, 11) is 0. The highest BCUT2D eigenvalue weighted by Gasteiger charge is 2.22. The number of rotatable bonds is 1. The molecule has 0 atom stereocenters. The zero-order valence-corrected chi connectivity index (χ0v) is 8.89. The molecule has 1 heterocycles. The molecule has 0 amide bonds. The lowest BCUT2D eigenvalue weighted by Crippen LogP contribution is -2.14. The van der Waals surface area contributed by atoms with Gasteiger partial charge in [0.25, 0.3) is 0 Å². The summed E-state index contributed by atoms with van der Waals surface area (Å²) in [6.45, 7) is 0. The molecule has 0 N–H and O–H groups in total. The average Bonchev–Trinajstić information content (AvgIpc) is 2.75. The summed E-state index contributed by atoms with van der Waals surface area (Å²) < 4.78 is 1.90. The van der Waals surface area contributed by atoms with Crippen LogP contribution in [0.5, 0.6) is 0 Å². The van der Waals surface area contributed by atoms with Gasteiger partial charge in [0.2, 0.25) is 0 Å². The Bertz CT molecular complexity index is 528. The van der Waals surface area contributed by atoms with Crippen molar-refractivity contribution in [3.63, 3.8) is 0 Å². The Morgan fingerprint density at radius 2 is 1.94 bits per heavy atom. The molecule has 2 aromatic rings. The Hall–Kier alpha value is -1.90. The number of hydrogen-bond donors (Lipinski definition) is 0. The lowest BCUT2D eigenvalue weighted by atomic mass is 10.00. The molecule has 0 aliphatic heterocycles. The molecule has 0 radical (unpaired) electrons. The van der Waals surface area contributed by atoms with Gasteiger partial charge in [0.05, 0.1) is 5.69 Å². The maximum Gasteiger partial charge on any atom is 0.181 e. The van der Waals surface area contributed by atoms with Crippen LogP contribution >= 0.6 is 0 Å². The van der Waals surface area contributed by atoms with Gasteiger partial charge in [0.15, 0.2) is 5.78 Å². The predicted octanol–water partition coefficient (Wildman–Crippen LogP) is 2.39. The molecular formula is C13H12N2O. The molecule has 3 nitrogen and oxygen atoms in total. The molecule has 0 unspecified atom stereocenters. The van der Waals surface area contributed by atoms with Crippen molar-refractivity contribution in [3.8, 4) is 5.69 Å². The van der Waals surface area contributed by atoms with E-state index in [2.05, 4.69) is 4.98 Å². The molecule has 3 heteroatoms. The Kier molecular flexibility index (Phi) is 2.10. The lowest BCUT2D eigenvalue weighted by Gasteiger charge is -2.12. The molecule has 1 aliphatic rings. The normalized spacial score (nSPS) is 14.9. The highest BCUT2D eigenvalue weighted by molar-refractivity contribution is 5.97. The Morgan fingerprint density at radius 1 is 1.12 bits per heavy atom. The van der Waals surface area contributed by atoms with Crippen molar-refractivity contribution in [2.24, 2.45) is 0 Å². The highest BCUT2D eigenvalue weighted by Crippen LogP contribution is 2.22. The first kappa shape index (κ1) is 9.33. The van der Waals surface area contributed by atoms with E-state index in [-0.39, 0.29) is 5.78 Å². The molecule has 1 aliphatic carbocycles. The third-order valence-electron chi connectivity index (χ3n) is 2.96. The van der Waals surface area contributed by atoms with Crippen molar-refractivity contribution in [2.75, 3.05) is 0 Å². The number of aromatic nitrogens is 2. The van der Waals surface area contributed by atoms with Gasteiger partial charge in [0.1, 0.15) is 12.0 Å². The van der Waals surface area contributed by atoms with Crippen LogP contribution in [-0.2, 0) is 6.42 Å². The SMILES string of the molecule is O=C1CCCc2ncn(-c3ccccc3)c21. The summed E-state index contributed by atoms with van der Waals surface area (Å²) in [5, 5.41) is 0. The Morgan fingerprint density at radius 3 is 2.75 bits per heavy atom. The van der Waals surface area contributed by atoms with Gasteiger partial charge in [-0.1, -0.05) is 18.2 Å². The van der Waals surface area contributed by atoms with Gasteiger partial charge in [-0.15, -0.1) is 0 Å². The molecule has 1 aromatic carbocycles. The molecular weight excluding hydrogens is 200 g/mol. The van der Waals surface area contributed by atoms with E-state index in [1.54, 1.807) is 6.33 Å². The predicted molar refractivity (Wildman–Crippen MR) is 60.8 cm³/mol. The van der Waals surface area contributed by atoms with E-state index in [0.29, 0.717) is 6.42 Å². The summed E-state index contributed by atoms with van der Waals surface area (Å²) in [5.74, 6) is 0.211. The van der Waals surface area contributed by atoms with Crippen LogP contribution in [-0.4, -0.2) is 15.3 Å². The second kappa shape index (κ2) is 3.59. The van der Waals surface area contributed by atoms with Crippen LogP contribution in [0.4, 0.5) is 0 Å². The van der Waals surface area contributed by atoms with Crippen LogP contribution in [0.25, 0.3) is 5.69 Å². The first-order valence-corrected chi connectivity index (χ1v) is 5.51. The number of hydrogen-bond acceptors (Lipinski definition) is 2. The molecule has 0 saturated carbocycles. The van der Waals surface area contributed by atoms with Crippen molar-refractivity contribution in [2.45, 2.75) is 19.3 Å². The minimum absolute atomic E-state index is 0.211. The van der Waals surface area contributed by atoms with Gasteiger partial charge < -0.3 is 0 Å². The minimum atomic E-state index is 0.211. The number of Topliss-reactive ketones (excluding diaryl/α,β-unsaturated/α-hetero) is 1. The number of imidazole rings is 1. The van der Waals surface area contributed by atoms with Gasteiger partial charge >= 0.3 is 0 Å². The summed E-state index contributed by atoms with van der Waals surface area (Å²) in [4.78, 5) is 16.2. The van der Waals surface area contributed by atoms with Crippen molar-refractivity contribution in [1.82, 2.24) is 9.55 Å². The van der Waals surface area contributed by atoms with E-state index in [1.807, 2.05) is 34.9 Å². The van der Waals surface area contributed by atoms with Gasteiger partial charge in [0, 0.05) is 12.1 Å². The molecule has 80 valence electrons. The van der Waals surface area contributed by atoms with E-state index >= 15 is 0 Å². The monoisotopic (exact) mass is 212 g/mol. The fraction of sp³-hybridized carbons (Fsp3) is 0.231. The number of fused-ring (bicyclic) bond motifs is 1. The second-order valence-corrected chi connectivity index (χ2v) is 4.02. The molecule has 3 rings (SSSR count). The molecule has 0 spiro atoms. The maximum atomic E-state index is 11.9. The summed E-state index contributed by atoms with van der Waals surface area (Å²) in [6, 6.07) is 9.88. The molecule has 16 heavy (non-hydrogen) atoms. The van der Waals surface area contributed by atoms with Gasteiger partial charge in [-0.3, -0.25) is 9.36 Å². The number of carbonyl (C=O) groups is 1. The topological polar surface area (TPSA) is 34.9 Å². The van der Waals surface area contributed by atoms with Gasteiger partial charge in [-0.05, 0) is 25.0 Å². The smallest absolute Gasteiger partial charge is 0.181 e. The van der Waals surface area contributed by atoms with Crippen molar-refractivity contribution in [3.05, 3.63) is 48.0 Å². The van der Waals surface area contributed by atoms with Gasteiger partial charge in [-0.25, -0.2) is 4.98 Å². The first-order chi connectivity index (χ1) is 7.86. The van der Waals surface area contributed by atoms with Crippen LogP contribution in [0.1, 0.15) is 29.0 Å². The fourth-order valence-electron chi connectivity index (χ4n) is 2.18. The van der Waals surface area contributed by atoms with E-state index in [4.69, 9.17) is 0 Å². The standard InChI is InChI=1S/C13H12N2O/c16-12-8-4-7-11-13(12)15(9-14-11)10-5-2-1-3-6-10/h1-3,5-6,9H,4,7-8H2. The van der Waals surface area contributed by atoms with E-state index < -0.39 is 0 Å². The fourth-order valence-corrected chi connectivity index (χ4v) is 2.18. The van der Waals surface area contributed by atoms with Crippen molar-refractivity contribution in [1.29, 1.82) is 0 Å². The summed E-state index contributed by atoms with van der Waals surface area (Å²) in [6.07, 6.45) is 4.24. The van der Waals surface area contributed by atoms with Crippen LogP contribution in [0.15, 0.2) is 36.7 Å². The quantitative estimate of drug-likeness (QED) is 0.727. The second-order valence-electron chi connectivity index (χ2n) is 4.02. The first-order valence-electron chi connectivity index (χ1n) is 5.51. The number of aryl methyl sites for hydroxylation is 1. The van der Waals surface area contributed by atoms with Crippen LogP contribution in [0.3, 0.4) is 0 Å². The maximum absolute atomic E-state index is 11.9. The molecule has 0 bridgehead atoms. The van der Waals surface area contributed by atoms with Crippen molar-refractivity contribution < 1.29 is 4.79 Å². The number of para-hydroxylation sites is 1. The largest absolute Gasteiger partial charge is 0.296 e.